The molecule has 2 unspecified atom stereocenters. The van der Waals surface area contributed by atoms with Crippen molar-refractivity contribution in [3.05, 3.63) is 0 Å². The van der Waals surface area contributed by atoms with Crippen molar-refractivity contribution in [1.29, 1.82) is 0 Å². The van der Waals surface area contributed by atoms with Crippen molar-refractivity contribution in [2.24, 2.45) is 11.7 Å². The van der Waals surface area contributed by atoms with E-state index in [1.54, 1.807) is 19.0 Å². The van der Waals surface area contributed by atoms with Gasteiger partial charge in [-0.05, 0) is 5.92 Å². The van der Waals surface area contributed by atoms with Crippen molar-refractivity contribution in [1.82, 2.24) is 9.80 Å². The Morgan fingerprint density at radius 2 is 2.19 bits per heavy atom. The van der Waals surface area contributed by atoms with Crippen molar-refractivity contribution in [3.63, 3.8) is 0 Å². The summed E-state index contributed by atoms with van der Waals surface area (Å²) >= 11 is 0. The van der Waals surface area contributed by atoms with Gasteiger partial charge in [0.2, 0.25) is 11.8 Å². The standard InChI is InChI=1S/C11H21N3O2/c1-8-6-11(16)14(7-9(8)12)5-4-10(15)13(2)3/h8-9H,4-7,12H2,1-3H3. The van der Waals surface area contributed by atoms with Gasteiger partial charge >= 0.3 is 0 Å². The summed E-state index contributed by atoms with van der Waals surface area (Å²) < 4.78 is 0. The van der Waals surface area contributed by atoms with Crippen LogP contribution in [0.15, 0.2) is 0 Å². The highest BCUT2D eigenvalue weighted by Crippen LogP contribution is 2.16. The van der Waals surface area contributed by atoms with E-state index in [9.17, 15) is 9.59 Å². The quantitative estimate of drug-likeness (QED) is 0.717. The minimum absolute atomic E-state index is 0.0344. The van der Waals surface area contributed by atoms with Crippen LogP contribution in [0.4, 0.5) is 0 Å². The third-order valence-corrected chi connectivity index (χ3v) is 3.11. The molecule has 1 saturated heterocycles. The third kappa shape index (κ3) is 3.20. The summed E-state index contributed by atoms with van der Waals surface area (Å²) in [5.74, 6) is 0.397. The van der Waals surface area contributed by atoms with Crippen molar-refractivity contribution in [2.75, 3.05) is 27.2 Å². The zero-order chi connectivity index (χ0) is 12.3. The molecule has 1 rings (SSSR count). The largest absolute Gasteiger partial charge is 0.349 e. The second-order valence-electron chi connectivity index (χ2n) is 4.72. The Balaban J connectivity index is 2.42. The average Bonchev–Trinajstić information content (AvgIpc) is 2.20. The maximum atomic E-state index is 11.7. The monoisotopic (exact) mass is 227 g/mol. The lowest BCUT2D eigenvalue weighted by molar-refractivity contribution is -0.136. The lowest BCUT2D eigenvalue weighted by Gasteiger charge is -2.34. The summed E-state index contributed by atoms with van der Waals surface area (Å²) in [4.78, 5) is 26.3. The van der Waals surface area contributed by atoms with Crippen LogP contribution >= 0.6 is 0 Å². The number of nitrogens with zero attached hydrogens (tertiary/aromatic N) is 2. The minimum atomic E-state index is 0.0344. The zero-order valence-electron chi connectivity index (χ0n) is 10.3. The van der Waals surface area contributed by atoms with Crippen LogP contribution in [0.1, 0.15) is 19.8 Å². The van der Waals surface area contributed by atoms with Gasteiger partial charge in [-0.25, -0.2) is 0 Å². The molecule has 5 heteroatoms. The lowest BCUT2D eigenvalue weighted by Crippen LogP contribution is -2.51. The first-order chi connectivity index (χ1) is 7.41. The molecule has 16 heavy (non-hydrogen) atoms. The summed E-state index contributed by atoms with van der Waals surface area (Å²) in [6.45, 7) is 3.04. The van der Waals surface area contributed by atoms with Crippen molar-refractivity contribution >= 4 is 11.8 Å². The molecular formula is C11H21N3O2. The molecule has 0 saturated carbocycles. The van der Waals surface area contributed by atoms with Crippen LogP contribution in [-0.4, -0.2) is 54.8 Å². The van der Waals surface area contributed by atoms with Crippen LogP contribution < -0.4 is 5.73 Å². The fourth-order valence-corrected chi connectivity index (χ4v) is 1.76. The molecule has 2 N–H and O–H groups in total. The Bertz CT molecular complexity index is 278. The predicted molar refractivity (Wildman–Crippen MR) is 61.6 cm³/mol. The molecule has 92 valence electrons. The van der Waals surface area contributed by atoms with Gasteiger partial charge in [-0.15, -0.1) is 0 Å². The first kappa shape index (κ1) is 13.0. The van der Waals surface area contributed by atoms with Crippen LogP contribution in [-0.2, 0) is 9.59 Å². The molecule has 0 radical (unpaired) electrons. The van der Waals surface area contributed by atoms with E-state index in [-0.39, 0.29) is 23.8 Å². The van der Waals surface area contributed by atoms with Crippen molar-refractivity contribution in [3.8, 4) is 0 Å². The Morgan fingerprint density at radius 1 is 1.56 bits per heavy atom. The SMILES string of the molecule is CC1CC(=O)N(CCC(=O)N(C)C)CC1N. The number of piperidine rings is 1. The molecule has 1 aliphatic heterocycles. The molecule has 5 nitrogen and oxygen atoms in total. The van der Waals surface area contributed by atoms with Gasteiger partial charge in [0.15, 0.2) is 0 Å². The first-order valence-electron chi connectivity index (χ1n) is 5.65. The third-order valence-electron chi connectivity index (χ3n) is 3.11. The second-order valence-corrected chi connectivity index (χ2v) is 4.72. The van der Waals surface area contributed by atoms with Crippen molar-refractivity contribution in [2.45, 2.75) is 25.8 Å². The Labute approximate surface area is 96.6 Å². The van der Waals surface area contributed by atoms with E-state index >= 15 is 0 Å². The summed E-state index contributed by atoms with van der Waals surface area (Å²) in [6, 6.07) is 0.0344. The van der Waals surface area contributed by atoms with Crippen LogP contribution in [0, 0.1) is 5.92 Å². The molecule has 0 aromatic heterocycles. The highest BCUT2D eigenvalue weighted by Gasteiger charge is 2.29. The van der Waals surface area contributed by atoms with Gasteiger partial charge in [-0.2, -0.15) is 0 Å². The van der Waals surface area contributed by atoms with Gasteiger partial charge in [-0.1, -0.05) is 6.92 Å². The average molecular weight is 227 g/mol. The summed E-state index contributed by atoms with van der Waals surface area (Å²) in [6.07, 6.45) is 0.872. The summed E-state index contributed by atoms with van der Waals surface area (Å²) in [7, 11) is 3.43. The minimum Gasteiger partial charge on any atom is -0.349 e. The Kier molecular flexibility index (Phi) is 4.29. The normalized spacial score (nSPS) is 25.8. The van der Waals surface area contributed by atoms with Gasteiger partial charge in [0.05, 0.1) is 0 Å². The number of nitrogens with two attached hydrogens (primary N) is 1. The number of carbonyl (C=O) groups excluding carboxylic acids is 2. The topological polar surface area (TPSA) is 66.6 Å². The van der Waals surface area contributed by atoms with E-state index < -0.39 is 0 Å². The Morgan fingerprint density at radius 3 is 2.75 bits per heavy atom. The predicted octanol–water partition coefficient (Wildman–Crippen LogP) is -0.340. The first-order valence-corrected chi connectivity index (χ1v) is 5.65. The van der Waals surface area contributed by atoms with E-state index in [0.29, 0.717) is 25.9 Å². The second kappa shape index (κ2) is 5.30. The van der Waals surface area contributed by atoms with Crippen LogP contribution in [0.3, 0.4) is 0 Å². The number of likely N-dealkylation sites (tertiary alicyclic amines) is 1. The molecule has 0 aromatic carbocycles. The maximum Gasteiger partial charge on any atom is 0.223 e. The van der Waals surface area contributed by atoms with E-state index in [1.807, 2.05) is 6.92 Å². The molecule has 2 amide bonds. The fourth-order valence-electron chi connectivity index (χ4n) is 1.76. The molecule has 1 fully saturated rings. The van der Waals surface area contributed by atoms with Gasteiger partial charge < -0.3 is 15.5 Å². The van der Waals surface area contributed by atoms with Gasteiger partial charge in [0.1, 0.15) is 0 Å². The zero-order valence-corrected chi connectivity index (χ0v) is 10.3. The number of hydrogen-bond acceptors (Lipinski definition) is 3. The van der Waals surface area contributed by atoms with Crippen LogP contribution in [0.5, 0.6) is 0 Å². The maximum absolute atomic E-state index is 11.7. The molecule has 0 bridgehead atoms. The molecule has 2 atom stereocenters. The lowest BCUT2D eigenvalue weighted by atomic mass is 9.93. The fraction of sp³-hybridized carbons (Fsp3) is 0.818. The van der Waals surface area contributed by atoms with Gasteiger partial charge in [0.25, 0.3) is 0 Å². The molecule has 0 aliphatic carbocycles. The van der Waals surface area contributed by atoms with E-state index in [0.717, 1.165) is 0 Å². The molecule has 1 aliphatic rings. The highest BCUT2D eigenvalue weighted by molar-refractivity contribution is 5.79. The molecule has 1 heterocycles. The molecule has 0 spiro atoms. The van der Waals surface area contributed by atoms with Crippen molar-refractivity contribution < 1.29 is 9.59 Å². The van der Waals surface area contributed by atoms with Gasteiger partial charge in [0, 0.05) is 46.1 Å². The van der Waals surface area contributed by atoms with E-state index in [2.05, 4.69) is 0 Å². The number of hydrogen-bond donors (Lipinski definition) is 1. The molecule has 0 aromatic rings. The summed E-state index contributed by atoms with van der Waals surface area (Å²) in [5.41, 5.74) is 5.91. The van der Waals surface area contributed by atoms with Crippen LogP contribution in [0.2, 0.25) is 0 Å². The smallest absolute Gasteiger partial charge is 0.223 e. The summed E-state index contributed by atoms with van der Waals surface area (Å²) in [5, 5.41) is 0. The number of rotatable bonds is 3. The van der Waals surface area contributed by atoms with E-state index in [1.165, 1.54) is 4.90 Å². The number of amides is 2. The van der Waals surface area contributed by atoms with Gasteiger partial charge in [-0.3, -0.25) is 9.59 Å². The number of carbonyl (C=O) groups is 2. The molecular weight excluding hydrogens is 206 g/mol. The van der Waals surface area contributed by atoms with Crippen LogP contribution in [0.25, 0.3) is 0 Å². The van der Waals surface area contributed by atoms with E-state index in [4.69, 9.17) is 5.73 Å². The Hall–Kier alpha value is -1.10. The highest BCUT2D eigenvalue weighted by atomic mass is 16.2.